The van der Waals surface area contributed by atoms with Crippen LogP contribution >= 0.6 is 0 Å². The summed E-state index contributed by atoms with van der Waals surface area (Å²) < 4.78 is 10.8. The molecule has 0 spiro atoms. The SMILES string of the molecule is c1ccc(CN2CCN(c3nccc(Nc4ccc5c(c4)OCO5)n3)CC2)cc1. The summed E-state index contributed by atoms with van der Waals surface area (Å²) in [6.45, 7) is 5.09. The maximum Gasteiger partial charge on any atom is 0.231 e. The Hall–Kier alpha value is -3.32. The Labute approximate surface area is 169 Å². The number of anilines is 3. The van der Waals surface area contributed by atoms with Crippen LogP contribution in [-0.2, 0) is 6.54 Å². The van der Waals surface area contributed by atoms with Crippen LogP contribution in [0, 0.1) is 0 Å². The third-order valence-corrected chi connectivity index (χ3v) is 5.19. The first-order chi connectivity index (χ1) is 14.3. The van der Waals surface area contributed by atoms with Crippen LogP contribution in [0.2, 0.25) is 0 Å². The second-order valence-electron chi connectivity index (χ2n) is 7.18. The van der Waals surface area contributed by atoms with Crippen molar-refractivity contribution in [3.8, 4) is 11.5 Å². The van der Waals surface area contributed by atoms with Crippen LogP contribution < -0.4 is 19.7 Å². The Bertz CT molecular complexity index is 974. The monoisotopic (exact) mass is 389 g/mol. The second-order valence-corrected chi connectivity index (χ2v) is 7.18. The van der Waals surface area contributed by atoms with Crippen LogP contribution in [0.15, 0.2) is 60.8 Å². The zero-order valence-electron chi connectivity index (χ0n) is 16.1. The number of piperazine rings is 1. The molecule has 1 N–H and O–H groups in total. The Kier molecular flexibility index (Phi) is 4.88. The minimum absolute atomic E-state index is 0.271. The summed E-state index contributed by atoms with van der Waals surface area (Å²) >= 11 is 0. The van der Waals surface area contributed by atoms with Crippen molar-refractivity contribution in [2.24, 2.45) is 0 Å². The maximum atomic E-state index is 5.44. The van der Waals surface area contributed by atoms with Crippen molar-refractivity contribution in [2.45, 2.75) is 6.54 Å². The quantitative estimate of drug-likeness (QED) is 0.718. The van der Waals surface area contributed by atoms with Gasteiger partial charge >= 0.3 is 0 Å². The third kappa shape index (κ3) is 4.09. The number of hydrogen-bond acceptors (Lipinski definition) is 7. The first kappa shape index (κ1) is 17.8. The normalized spacial score (nSPS) is 16.1. The number of rotatable bonds is 5. The molecule has 1 aromatic heterocycles. The van der Waals surface area contributed by atoms with Gasteiger partial charge in [0.25, 0.3) is 0 Å². The van der Waals surface area contributed by atoms with Crippen LogP contribution in [-0.4, -0.2) is 47.8 Å². The fourth-order valence-electron chi connectivity index (χ4n) is 3.64. The van der Waals surface area contributed by atoms with Gasteiger partial charge < -0.3 is 19.7 Å². The molecule has 3 aromatic rings. The number of nitrogens with zero attached hydrogens (tertiary/aromatic N) is 4. The molecule has 0 atom stereocenters. The zero-order valence-corrected chi connectivity index (χ0v) is 16.1. The molecule has 7 heteroatoms. The van der Waals surface area contributed by atoms with Crippen LogP contribution in [0.3, 0.4) is 0 Å². The molecule has 0 radical (unpaired) electrons. The minimum atomic E-state index is 0.271. The molecule has 0 amide bonds. The van der Waals surface area contributed by atoms with Crippen molar-refractivity contribution in [1.29, 1.82) is 0 Å². The van der Waals surface area contributed by atoms with Crippen molar-refractivity contribution >= 4 is 17.5 Å². The molecule has 0 unspecified atom stereocenters. The van der Waals surface area contributed by atoms with Crippen LogP contribution in [0.5, 0.6) is 11.5 Å². The summed E-state index contributed by atoms with van der Waals surface area (Å²) in [7, 11) is 0. The zero-order chi connectivity index (χ0) is 19.5. The highest BCUT2D eigenvalue weighted by Crippen LogP contribution is 2.35. The van der Waals surface area contributed by atoms with Gasteiger partial charge in [0, 0.05) is 50.7 Å². The first-order valence-corrected chi connectivity index (χ1v) is 9.84. The lowest BCUT2D eigenvalue weighted by Gasteiger charge is -2.34. The number of ether oxygens (including phenoxy) is 2. The van der Waals surface area contributed by atoms with E-state index in [1.54, 1.807) is 6.20 Å². The van der Waals surface area contributed by atoms with Crippen LogP contribution in [0.25, 0.3) is 0 Å². The molecular weight excluding hydrogens is 366 g/mol. The number of hydrogen-bond donors (Lipinski definition) is 1. The van der Waals surface area contributed by atoms with E-state index < -0.39 is 0 Å². The molecule has 1 fully saturated rings. The number of nitrogens with one attached hydrogen (secondary N) is 1. The smallest absolute Gasteiger partial charge is 0.231 e. The molecule has 148 valence electrons. The van der Waals surface area contributed by atoms with Crippen molar-refractivity contribution in [2.75, 3.05) is 43.2 Å². The average molecular weight is 389 g/mol. The Morgan fingerprint density at radius 1 is 0.897 bits per heavy atom. The van der Waals surface area contributed by atoms with Gasteiger partial charge in [-0.15, -0.1) is 0 Å². The maximum absolute atomic E-state index is 5.44. The molecule has 2 aliphatic rings. The largest absolute Gasteiger partial charge is 0.454 e. The molecule has 0 aliphatic carbocycles. The molecular formula is C22H23N5O2. The van der Waals surface area contributed by atoms with Crippen molar-refractivity contribution in [3.63, 3.8) is 0 Å². The topological polar surface area (TPSA) is 62.8 Å². The number of benzene rings is 2. The second kappa shape index (κ2) is 7.97. The van der Waals surface area contributed by atoms with Gasteiger partial charge in [-0.2, -0.15) is 4.98 Å². The van der Waals surface area contributed by atoms with E-state index in [9.17, 15) is 0 Å². The minimum Gasteiger partial charge on any atom is -0.454 e. The summed E-state index contributed by atoms with van der Waals surface area (Å²) in [4.78, 5) is 13.9. The van der Waals surface area contributed by atoms with Gasteiger partial charge in [0.2, 0.25) is 12.7 Å². The Balaban J connectivity index is 1.21. The van der Waals surface area contributed by atoms with Gasteiger partial charge in [0.05, 0.1) is 0 Å². The summed E-state index contributed by atoms with van der Waals surface area (Å²) in [5.74, 6) is 3.04. The summed E-state index contributed by atoms with van der Waals surface area (Å²) in [6.07, 6.45) is 1.80. The summed E-state index contributed by atoms with van der Waals surface area (Å²) in [5, 5.41) is 3.33. The molecule has 1 saturated heterocycles. The predicted octanol–water partition coefficient (Wildman–Crippen LogP) is 3.27. The van der Waals surface area contributed by atoms with Gasteiger partial charge in [-0.3, -0.25) is 4.90 Å². The van der Waals surface area contributed by atoms with Gasteiger partial charge in [-0.05, 0) is 23.8 Å². The molecule has 3 heterocycles. The molecule has 0 bridgehead atoms. The summed E-state index contributed by atoms with van der Waals surface area (Å²) in [5.41, 5.74) is 2.26. The van der Waals surface area contributed by atoms with Crippen LogP contribution in [0.4, 0.5) is 17.5 Å². The lowest BCUT2D eigenvalue weighted by molar-refractivity contribution is 0.174. The molecule has 7 nitrogen and oxygen atoms in total. The first-order valence-electron chi connectivity index (χ1n) is 9.84. The summed E-state index contributed by atoms with van der Waals surface area (Å²) in [6, 6.07) is 18.3. The van der Waals surface area contributed by atoms with E-state index >= 15 is 0 Å². The van der Waals surface area contributed by atoms with E-state index in [1.807, 2.05) is 24.3 Å². The number of aromatic nitrogens is 2. The highest BCUT2D eigenvalue weighted by Gasteiger charge is 2.19. The lowest BCUT2D eigenvalue weighted by Crippen LogP contribution is -2.46. The van der Waals surface area contributed by atoms with E-state index in [-0.39, 0.29) is 6.79 Å². The van der Waals surface area contributed by atoms with Gasteiger partial charge in [-0.25, -0.2) is 4.98 Å². The van der Waals surface area contributed by atoms with Crippen molar-refractivity contribution in [1.82, 2.24) is 14.9 Å². The van der Waals surface area contributed by atoms with Gasteiger partial charge in [0.1, 0.15) is 5.82 Å². The molecule has 5 rings (SSSR count). The van der Waals surface area contributed by atoms with E-state index in [1.165, 1.54) is 5.56 Å². The van der Waals surface area contributed by atoms with E-state index in [4.69, 9.17) is 14.5 Å². The van der Waals surface area contributed by atoms with Crippen molar-refractivity contribution in [3.05, 3.63) is 66.4 Å². The molecule has 2 aromatic carbocycles. The number of fused-ring (bicyclic) bond motifs is 1. The third-order valence-electron chi connectivity index (χ3n) is 5.19. The standard InChI is InChI=1S/C22H23N5O2/c1-2-4-17(5-3-1)15-26-10-12-27(13-11-26)22-23-9-8-21(25-22)24-18-6-7-19-20(14-18)29-16-28-19/h1-9,14H,10-13,15-16H2,(H,23,24,25). The molecule has 2 aliphatic heterocycles. The molecule has 0 saturated carbocycles. The van der Waals surface area contributed by atoms with E-state index in [0.717, 1.165) is 61.7 Å². The van der Waals surface area contributed by atoms with Crippen molar-refractivity contribution < 1.29 is 9.47 Å². The highest BCUT2D eigenvalue weighted by atomic mass is 16.7. The Morgan fingerprint density at radius 2 is 1.72 bits per heavy atom. The highest BCUT2D eigenvalue weighted by molar-refractivity contribution is 5.62. The van der Waals surface area contributed by atoms with E-state index in [2.05, 4.69) is 50.4 Å². The van der Waals surface area contributed by atoms with E-state index in [0.29, 0.717) is 0 Å². The fourth-order valence-corrected chi connectivity index (χ4v) is 3.64. The Morgan fingerprint density at radius 3 is 2.59 bits per heavy atom. The average Bonchev–Trinajstić information content (AvgIpc) is 3.23. The predicted molar refractivity (Wildman–Crippen MR) is 112 cm³/mol. The fraction of sp³-hybridized carbons (Fsp3) is 0.273. The molecule has 29 heavy (non-hydrogen) atoms. The lowest BCUT2D eigenvalue weighted by atomic mass is 10.2. The van der Waals surface area contributed by atoms with Gasteiger partial charge in [-0.1, -0.05) is 30.3 Å². The van der Waals surface area contributed by atoms with Gasteiger partial charge in [0.15, 0.2) is 11.5 Å². The van der Waals surface area contributed by atoms with Crippen LogP contribution in [0.1, 0.15) is 5.56 Å².